The van der Waals surface area contributed by atoms with Gasteiger partial charge in [-0.1, -0.05) is 5.16 Å². The van der Waals surface area contributed by atoms with Crippen molar-refractivity contribution in [1.82, 2.24) is 15.5 Å². The molecule has 7 nitrogen and oxygen atoms in total. The fourth-order valence-electron chi connectivity index (χ4n) is 2.14. The van der Waals surface area contributed by atoms with Crippen molar-refractivity contribution in [3.05, 3.63) is 35.5 Å². The molecular weight excluding hydrogens is 329 g/mol. The second-order valence-electron chi connectivity index (χ2n) is 5.96. The van der Waals surface area contributed by atoms with E-state index in [0.717, 1.165) is 0 Å². The third-order valence-electron chi connectivity index (χ3n) is 3.98. The van der Waals surface area contributed by atoms with Crippen LogP contribution in [0.15, 0.2) is 22.7 Å². The van der Waals surface area contributed by atoms with Gasteiger partial charge in [-0.2, -0.15) is 4.98 Å². The number of carboxylic acid groups (broad SMARTS) is 1. The summed E-state index contributed by atoms with van der Waals surface area (Å²) in [5.74, 6) is -1.64. The number of carbonyl (C=O) groups is 2. The Bertz CT molecular complexity index is 775. The van der Waals surface area contributed by atoms with Crippen LogP contribution < -0.4 is 5.32 Å². The number of benzene rings is 1. The number of rotatable bonds is 7. The Morgan fingerprint density at radius 1 is 1.36 bits per heavy atom. The van der Waals surface area contributed by atoms with E-state index >= 15 is 0 Å². The van der Waals surface area contributed by atoms with Crippen molar-refractivity contribution in [3.63, 3.8) is 0 Å². The molecule has 0 saturated heterocycles. The van der Waals surface area contributed by atoms with Gasteiger partial charge in [-0.05, 0) is 44.5 Å². The first-order valence-electron chi connectivity index (χ1n) is 7.89. The lowest BCUT2D eigenvalue weighted by Crippen LogP contribution is -2.40. The number of aliphatic carboxylic acids is 1. The third kappa shape index (κ3) is 4.85. The molecule has 0 aliphatic heterocycles. The molecule has 1 amide bonds. The Morgan fingerprint density at radius 3 is 2.72 bits per heavy atom. The maximum atomic E-state index is 13.3. The quantitative estimate of drug-likeness (QED) is 0.795. The Morgan fingerprint density at radius 2 is 2.08 bits per heavy atom. The first kappa shape index (κ1) is 18.6. The number of halogens is 1. The maximum absolute atomic E-state index is 13.3. The summed E-state index contributed by atoms with van der Waals surface area (Å²) in [6, 6.07) is 4.02. The Balaban J connectivity index is 1.92. The highest BCUT2D eigenvalue weighted by Crippen LogP contribution is 2.19. The lowest BCUT2D eigenvalue weighted by molar-refractivity contribution is -0.142. The van der Waals surface area contributed by atoms with E-state index in [9.17, 15) is 14.0 Å². The minimum absolute atomic E-state index is 0.0980. The SMILES string of the molecule is Cc1cc(-c2noc(CCC(=O)NC(C)C(C)C(=O)O)n2)ccc1F. The van der Waals surface area contributed by atoms with Gasteiger partial charge in [-0.25, -0.2) is 4.39 Å². The molecule has 1 aromatic carbocycles. The van der Waals surface area contributed by atoms with Crippen LogP contribution in [0.2, 0.25) is 0 Å². The Hall–Kier alpha value is -2.77. The number of hydrogen-bond donors (Lipinski definition) is 2. The van der Waals surface area contributed by atoms with Crippen molar-refractivity contribution in [3.8, 4) is 11.4 Å². The summed E-state index contributed by atoms with van der Waals surface area (Å²) in [6.07, 6.45) is 0.327. The number of nitrogens with one attached hydrogen (secondary N) is 1. The van der Waals surface area contributed by atoms with Crippen molar-refractivity contribution < 1.29 is 23.6 Å². The first-order valence-corrected chi connectivity index (χ1v) is 7.89. The van der Waals surface area contributed by atoms with Crippen molar-refractivity contribution in [2.45, 2.75) is 39.7 Å². The number of carboxylic acids is 1. The monoisotopic (exact) mass is 349 g/mol. The van der Waals surface area contributed by atoms with E-state index < -0.39 is 17.9 Å². The van der Waals surface area contributed by atoms with Gasteiger partial charge in [0.25, 0.3) is 0 Å². The molecule has 0 spiro atoms. The molecule has 1 aromatic heterocycles. The summed E-state index contributed by atoms with van der Waals surface area (Å²) >= 11 is 0. The van der Waals surface area contributed by atoms with E-state index in [1.54, 1.807) is 26.0 Å². The molecule has 0 fully saturated rings. The molecule has 0 bridgehead atoms. The van der Waals surface area contributed by atoms with Gasteiger partial charge in [0.15, 0.2) is 0 Å². The smallest absolute Gasteiger partial charge is 0.308 e. The molecule has 2 N–H and O–H groups in total. The highest BCUT2D eigenvalue weighted by atomic mass is 19.1. The summed E-state index contributed by atoms with van der Waals surface area (Å²) < 4.78 is 18.4. The van der Waals surface area contributed by atoms with Crippen LogP contribution in [0.1, 0.15) is 31.7 Å². The fourth-order valence-corrected chi connectivity index (χ4v) is 2.14. The molecule has 0 aliphatic carbocycles. The van der Waals surface area contributed by atoms with E-state index in [1.807, 2.05) is 0 Å². The van der Waals surface area contributed by atoms with Crippen LogP contribution in [0.4, 0.5) is 4.39 Å². The summed E-state index contributed by atoms with van der Waals surface area (Å²) in [5, 5.41) is 15.4. The molecule has 8 heteroatoms. The topological polar surface area (TPSA) is 105 Å². The highest BCUT2D eigenvalue weighted by molar-refractivity contribution is 5.78. The molecule has 25 heavy (non-hydrogen) atoms. The van der Waals surface area contributed by atoms with Gasteiger partial charge in [0, 0.05) is 24.4 Å². The van der Waals surface area contributed by atoms with E-state index in [0.29, 0.717) is 17.0 Å². The van der Waals surface area contributed by atoms with Crippen LogP contribution >= 0.6 is 0 Å². The van der Waals surface area contributed by atoms with Gasteiger partial charge in [-0.3, -0.25) is 9.59 Å². The minimum Gasteiger partial charge on any atom is -0.481 e. The second-order valence-corrected chi connectivity index (χ2v) is 5.96. The van der Waals surface area contributed by atoms with Gasteiger partial charge in [0.05, 0.1) is 5.92 Å². The lowest BCUT2D eigenvalue weighted by atomic mass is 10.0. The molecule has 0 aliphatic rings. The molecule has 2 aromatic rings. The zero-order valence-electron chi connectivity index (χ0n) is 14.2. The van der Waals surface area contributed by atoms with Gasteiger partial charge >= 0.3 is 5.97 Å². The number of aromatic nitrogens is 2. The average Bonchev–Trinajstić information content (AvgIpc) is 3.03. The standard InChI is InChI=1S/C17H20FN3O4/c1-9-8-12(4-5-13(9)18)16-20-15(25-21-16)7-6-14(22)19-11(3)10(2)17(23)24/h4-5,8,10-11H,6-7H2,1-3H3,(H,19,22)(H,23,24). The van der Waals surface area contributed by atoms with Crippen LogP contribution in [-0.2, 0) is 16.0 Å². The maximum Gasteiger partial charge on any atom is 0.308 e. The number of carbonyl (C=O) groups excluding carboxylic acids is 1. The average molecular weight is 349 g/mol. The van der Waals surface area contributed by atoms with Gasteiger partial charge < -0.3 is 14.9 Å². The number of nitrogens with zero attached hydrogens (tertiary/aromatic N) is 2. The molecule has 2 rings (SSSR count). The van der Waals surface area contributed by atoms with Crippen LogP contribution in [0, 0.1) is 18.7 Å². The normalized spacial score (nSPS) is 13.3. The molecule has 0 radical (unpaired) electrons. The van der Waals surface area contributed by atoms with Crippen molar-refractivity contribution >= 4 is 11.9 Å². The van der Waals surface area contributed by atoms with E-state index in [-0.39, 0.29) is 30.5 Å². The Labute approximate surface area is 144 Å². The molecule has 1 heterocycles. The van der Waals surface area contributed by atoms with E-state index in [1.165, 1.54) is 13.0 Å². The van der Waals surface area contributed by atoms with Gasteiger partial charge in [0.1, 0.15) is 5.82 Å². The first-order chi connectivity index (χ1) is 11.8. The van der Waals surface area contributed by atoms with Crippen LogP contribution in [0.3, 0.4) is 0 Å². The number of amides is 1. The molecule has 2 atom stereocenters. The molecule has 134 valence electrons. The summed E-state index contributed by atoms with van der Waals surface area (Å²) in [4.78, 5) is 26.9. The zero-order valence-corrected chi connectivity index (χ0v) is 14.2. The van der Waals surface area contributed by atoms with Crippen molar-refractivity contribution in [1.29, 1.82) is 0 Å². The highest BCUT2D eigenvalue weighted by Gasteiger charge is 2.21. The van der Waals surface area contributed by atoms with Crippen molar-refractivity contribution in [2.24, 2.45) is 5.92 Å². The zero-order chi connectivity index (χ0) is 18.6. The van der Waals surface area contributed by atoms with Crippen molar-refractivity contribution in [2.75, 3.05) is 0 Å². The summed E-state index contributed by atoms with van der Waals surface area (Å²) in [7, 11) is 0. The van der Waals surface area contributed by atoms with Gasteiger partial charge in [-0.15, -0.1) is 0 Å². The summed E-state index contributed by atoms with van der Waals surface area (Å²) in [6.45, 7) is 4.81. The Kier molecular flexibility index (Phi) is 5.84. The van der Waals surface area contributed by atoms with Crippen LogP contribution in [0.25, 0.3) is 11.4 Å². The lowest BCUT2D eigenvalue weighted by Gasteiger charge is -2.17. The van der Waals surface area contributed by atoms with E-state index in [2.05, 4.69) is 15.5 Å². The predicted molar refractivity (Wildman–Crippen MR) is 87.2 cm³/mol. The number of aryl methyl sites for hydroxylation is 2. The minimum atomic E-state index is -0.969. The molecule has 0 saturated carbocycles. The third-order valence-corrected chi connectivity index (χ3v) is 3.98. The van der Waals surface area contributed by atoms with Gasteiger partial charge in [0.2, 0.25) is 17.6 Å². The largest absolute Gasteiger partial charge is 0.481 e. The molecular formula is C17H20FN3O4. The van der Waals surface area contributed by atoms with E-state index in [4.69, 9.17) is 9.63 Å². The predicted octanol–water partition coefficient (Wildman–Crippen LogP) is 2.34. The second kappa shape index (κ2) is 7.87. The summed E-state index contributed by atoms with van der Waals surface area (Å²) in [5.41, 5.74) is 1.10. The number of hydrogen-bond acceptors (Lipinski definition) is 5. The fraction of sp³-hybridized carbons (Fsp3) is 0.412. The molecule has 2 unspecified atom stereocenters. The van der Waals surface area contributed by atoms with Crippen LogP contribution in [0.5, 0.6) is 0 Å². The van der Waals surface area contributed by atoms with Crippen LogP contribution in [-0.4, -0.2) is 33.2 Å².